The Morgan fingerprint density at radius 3 is 2.31 bits per heavy atom. The van der Waals surface area contributed by atoms with E-state index in [-0.39, 0.29) is 6.42 Å². The number of rotatable bonds is 7. The first-order valence-electron chi connectivity index (χ1n) is 8.46. The molecule has 3 aromatic carbocycles. The normalized spacial score (nSPS) is 10.5. The van der Waals surface area contributed by atoms with Gasteiger partial charge in [0.15, 0.2) is 0 Å². The maximum atomic E-state index is 11.0. The number of carbonyl (C=O) groups is 1. The summed E-state index contributed by atoms with van der Waals surface area (Å²) in [4.78, 5) is 11.0. The van der Waals surface area contributed by atoms with E-state index in [0.29, 0.717) is 13.2 Å². The van der Waals surface area contributed by atoms with Gasteiger partial charge in [-0.1, -0.05) is 54.6 Å². The minimum atomic E-state index is -0.848. The number of nitrogens with two attached hydrogens (primary N) is 1. The molecule has 0 aliphatic rings. The summed E-state index contributed by atoms with van der Waals surface area (Å²) in [6.07, 6.45) is -0.00848. The molecular weight excluding hydrogens is 326 g/mol. The van der Waals surface area contributed by atoms with Gasteiger partial charge in [-0.15, -0.1) is 0 Å². The summed E-state index contributed by atoms with van der Waals surface area (Å²) in [6.45, 7) is 0.833. The maximum Gasteiger partial charge on any atom is 0.307 e. The molecule has 0 fully saturated rings. The lowest BCUT2D eigenvalue weighted by Crippen LogP contribution is -2.05. The molecule has 0 radical (unpaired) electrons. The summed E-state index contributed by atoms with van der Waals surface area (Å²) in [5, 5.41) is 9.03. The van der Waals surface area contributed by atoms with Crippen LogP contribution in [0.4, 0.5) is 0 Å². The monoisotopic (exact) mass is 347 g/mol. The molecule has 3 aromatic rings. The van der Waals surface area contributed by atoms with E-state index in [1.807, 2.05) is 66.7 Å². The molecule has 0 aliphatic heterocycles. The lowest BCUT2D eigenvalue weighted by Gasteiger charge is -2.11. The molecule has 0 unspecified atom stereocenters. The largest absolute Gasteiger partial charge is 0.489 e. The number of carboxylic acids is 1. The van der Waals surface area contributed by atoms with Crippen LogP contribution in [0.15, 0.2) is 72.8 Å². The molecule has 0 aromatic heterocycles. The second-order valence-corrected chi connectivity index (χ2v) is 6.06. The summed E-state index contributed by atoms with van der Waals surface area (Å²) in [5.74, 6) is -0.106. The van der Waals surface area contributed by atoms with Gasteiger partial charge in [0.05, 0.1) is 6.42 Å². The Morgan fingerprint density at radius 1 is 0.885 bits per heavy atom. The molecule has 0 atom stereocenters. The SMILES string of the molecule is NCc1cccc(-c2cccc(OCc3ccccc3CC(=O)O)c2)c1. The Morgan fingerprint density at radius 2 is 1.58 bits per heavy atom. The number of hydrogen-bond acceptors (Lipinski definition) is 3. The summed E-state index contributed by atoms with van der Waals surface area (Å²) >= 11 is 0. The maximum absolute atomic E-state index is 11.0. The Kier molecular flexibility index (Phi) is 5.66. The predicted molar refractivity (Wildman–Crippen MR) is 102 cm³/mol. The van der Waals surface area contributed by atoms with Crippen molar-refractivity contribution in [1.82, 2.24) is 0 Å². The zero-order valence-electron chi connectivity index (χ0n) is 14.4. The molecule has 0 saturated carbocycles. The van der Waals surface area contributed by atoms with Crippen LogP contribution >= 0.6 is 0 Å². The van der Waals surface area contributed by atoms with E-state index >= 15 is 0 Å². The zero-order chi connectivity index (χ0) is 18.4. The average Bonchev–Trinajstić information content (AvgIpc) is 2.67. The highest BCUT2D eigenvalue weighted by Crippen LogP contribution is 2.25. The minimum Gasteiger partial charge on any atom is -0.489 e. The van der Waals surface area contributed by atoms with Crippen LogP contribution in [0.2, 0.25) is 0 Å². The molecule has 0 amide bonds. The third-order valence-electron chi connectivity index (χ3n) is 4.18. The van der Waals surface area contributed by atoms with Crippen molar-refractivity contribution >= 4 is 5.97 Å². The number of carboxylic acid groups (broad SMARTS) is 1. The van der Waals surface area contributed by atoms with Gasteiger partial charge in [0.1, 0.15) is 12.4 Å². The van der Waals surface area contributed by atoms with Gasteiger partial charge in [0.25, 0.3) is 0 Å². The molecule has 0 heterocycles. The molecule has 0 bridgehead atoms. The summed E-state index contributed by atoms with van der Waals surface area (Å²) in [7, 11) is 0. The molecule has 4 nitrogen and oxygen atoms in total. The Balaban J connectivity index is 1.77. The quantitative estimate of drug-likeness (QED) is 0.677. The Hall–Kier alpha value is -3.11. The van der Waals surface area contributed by atoms with E-state index in [1.54, 1.807) is 0 Å². The Bertz CT molecular complexity index is 905. The number of benzene rings is 3. The smallest absolute Gasteiger partial charge is 0.307 e. The third kappa shape index (κ3) is 4.49. The van der Waals surface area contributed by atoms with Crippen molar-refractivity contribution in [3.63, 3.8) is 0 Å². The van der Waals surface area contributed by atoms with Crippen molar-refractivity contribution in [2.45, 2.75) is 19.6 Å². The van der Waals surface area contributed by atoms with Crippen molar-refractivity contribution in [3.8, 4) is 16.9 Å². The highest BCUT2D eigenvalue weighted by atomic mass is 16.5. The molecule has 132 valence electrons. The molecule has 26 heavy (non-hydrogen) atoms. The molecule has 4 heteroatoms. The van der Waals surface area contributed by atoms with E-state index in [0.717, 1.165) is 33.6 Å². The van der Waals surface area contributed by atoms with Crippen LogP contribution in [0.5, 0.6) is 5.75 Å². The average molecular weight is 347 g/mol. The number of hydrogen-bond donors (Lipinski definition) is 2. The van der Waals surface area contributed by atoms with E-state index in [4.69, 9.17) is 15.6 Å². The standard InChI is InChI=1S/C22H21NO3/c23-14-16-5-3-8-17(11-16)18-9-4-10-21(12-18)26-15-20-7-2-1-6-19(20)13-22(24)25/h1-12H,13-15,23H2,(H,24,25). The fourth-order valence-corrected chi connectivity index (χ4v) is 2.84. The number of aliphatic carboxylic acids is 1. The third-order valence-corrected chi connectivity index (χ3v) is 4.18. The van der Waals surface area contributed by atoms with Gasteiger partial charge < -0.3 is 15.6 Å². The summed E-state index contributed by atoms with van der Waals surface area (Å²) < 4.78 is 5.92. The van der Waals surface area contributed by atoms with Crippen LogP contribution in [-0.2, 0) is 24.4 Å². The van der Waals surface area contributed by atoms with Crippen LogP contribution in [0.1, 0.15) is 16.7 Å². The van der Waals surface area contributed by atoms with Gasteiger partial charge in [0.2, 0.25) is 0 Å². The fourth-order valence-electron chi connectivity index (χ4n) is 2.84. The highest BCUT2D eigenvalue weighted by Gasteiger charge is 2.07. The van der Waals surface area contributed by atoms with Crippen molar-refractivity contribution < 1.29 is 14.6 Å². The lowest BCUT2D eigenvalue weighted by atomic mass is 10.0. The van der Waals surface area contributed by atoms with Gasteiger partial charge in [-0.2, -0.15) is 0 Å². The van der Waals surface area contributed by atoms with Crippen molar-refractivity contribution in [3.05, 3.63) is 89.5 Å². The summed E-state index contributed by atoms with van der Waals surface area (Å²) in [6, 6.07) is 23.4. The lowest BCUT2D eigenvalue weighted by molar-refractivity contribution is -0.136. The molecule has 0 saturated heterocycles. The molecule has 3 N–H and O–H groups in total. The predicted octanol–water partition coefficient (Wildman–Crippen LogP) is 4.02. The van der Waals surface area contributed by atoms with Gasteiger partial charge in [0, 0.05) is 6.54 Å². The molecule has 0 spiro atoms. The highest BCUT2D eigenvalue weighted by molar-refractivity contribution is 5.70. The van der Waals surface area contributed by atoms with Crippen LogP contribution in [0.3, 0.4) is 0 Å². The van der Waals surface area contributed by atoms with Crippen LogP contribution in [0, 0.1) is 0 Å². The second-order valence-electron chi connectivity index (χ2n) is 6.06. The minimum absolute atomic E-state index is 0.00848. The van der Waals surface area contributed by atoms with Crippen molar-refractivity contribution in [2.24, 2.45) is 5.73 Å². The molecule has 3 rings (SSSR count). The van der Waals surface area contributed by atoms with E-state index in [2.05, 4.69) is 6.07 Å². The van der Waals surface area contributed by atoms with Crippen molar-refractivity contribution in [1.29, 1.82) is 0 Å². The van der Waals surface area contributed by atoms with Crippen LogP contribution in [0.25, 0.3) is 11.1 Å². The Labute approximate surface area is 152 Å². The second kappa shape index (κ2) is 8.32. The van der Waals surface area contributed by atoms with Crippen LogP contribution in [-0.4, -0.2) is 11.1 Å². The topological polar surface area (TPSA) is 72.5 Å². The van der Waals surface area contributed by atoms with E-state index < -0.39 is 5.97 Å². The molecular formula is C22H21NO3. The van der Waals surface area contributed by atoms with Gasteiger partial charge >= 0.3 is 5.97 Å². The van der Waals surface area contributed by atoms with Gasteiger partial charge in [-0.05, 0) is 46.0 Å². The van der Waals surface area contributed by atoms with Crippen LogP contribution < -0.4 is 10.5 Å². The fraction of sp³-hybridized carbons (Fsp3) is 0.136. The van der Waals surface area contributed by atoms with E-state index in [1.165, 1.54) is 0 Å². The van der Waals surface area contributed by atoms with Gasteiger partial charge in [-0.3, -0.25) is 4.79 Å². The summed E-state index contributed by atoms with van der Waals surface area (Å²) in [5.41, 5.74) is 10.6. The van der Waals surface area contributed by atoms with Crippen molar-refractivity contribution in [2.75, 3.05) is 0 Å². The first-order valence-corrected chi connectivity index (χ1v) is 8.46. The first-order chi connectivity index (χ1) is 12.7. The van der Waals surface area contributed by atoms with E-state index in [9.17, 15) is 4.79 Å². The molecule has 0 aliphatic carbocycles. The van der Waals surface area contributed by atoms with Gasteiger partial charge in [-0.25, -0.2) is 0 Å². The zero-order valence-corrected chi connectivity index (χ0v) is 14.4. The first kappa shape index (κ1) is 17.7. The number of ether oxygens (including phenoxy) is 1.